The average molecular weight is 681 g/mol. The second-order valence-corrected chi connectivity index (χ2v) is 13.9. The zero-order valence-electron chi connectivity index (χ0n) is 24.2. The number of ether oxygens (including phenoxy) is 2. The van der Waals surface area contributed by atoms with Gasteiger partial charge in [0.2, 0.25) is 6.10 Å². The Labute approximate surface area is 282 Å². The number of nitrogens with zero attached hydrogens (tertiary/aromatic N) is 3. The van der Waals surface area contributed by atoms with Crippen LogP contribution >= 0.6 is 46.3 Å². The molecule has 7 aromatic rings. The number of fused-ring (bicyclic) bond motifs is 4. The van der Waals surface area contributed by atoms with E-state index in [0.29, 0.717) is 27.2 Å². The van der Waals surface area contributed by atoms with Crippen LogP contribution in [0.4, 0.5) is 5.69 Å². The average Bonchev–Trinajstić information content (AvgIpc) is 3.49. The molecule has 1 aliphatic heterocycles. The van der Waals surface area contributed by atoms with E-state index in [0.717, 1.165) is 46.8 Å². The maximum Gasteiger partial charge on any atom is 0.271 e. The molecule has 0 bridgehead atoms. The number of amides is 1. The summed E-state index contributed by atoms with van der Waals surface area (Å²) in [4.78, 5) is 25.9. The quantitative estimate of drug-likeness (QED) is 0.123. The summed E-state index contributed by atoms with van der Waals surface area (Å²) in [7, 11) is 1.61. The summed E-state index contributed by atoms with van der Waals surface area (Å²) in [5.41, 5.74) is 3.37. The number of anilines is 1. The number of carbonyl (C=O) groups excluding carboxylic acids is 1. The first-order chi connectivity index (χ1) is 22.5. The Bertz CT molecular complexity index is 2260. The van der Waals surface area contributed by atoms with Gasteiger partial charge in [0.25, 0.3) is 5.91 Å². The molecule has 0 N–H and O–H groups in total. The molecule has 0 aliphatic carbocycles. The number of benzene rings is 5. The van der Waals surface area contributed by atoms with E-state index in [1.54, 1.807) is 41.5 Å². The number of carbonyl (C=O) groups is 1. The first-order valence-corrected chi connectivity index (χ1v) is 16.8. The maximum atomic E-state index is 14.0. The fourth-order valence-electron chi connectivity index (χ4n) is 5.80. The summed E-state index contributed by atoms with van der Waals surface area (Å²) in [5.74, 6) is 0.875. The zero-order valence-corrected chi connectivity index (χ0v) is 27.3. The minimum atomic E-state index is -0.866. The van der Waals surface area contributed by atoms with Crippen LogP contribution in [0, 0.1) is 0 Å². The van der Waals surface area contributed by atoms with Gasteiger partial charge in [-0.25, -0.2) is 9.97 Å². The third-order valence-corrected chi connectivity index (χ3v) is 10.7. The van der Waals surface area contributed by atoms with Crippen LogP contribution in [0.1, 0.15) is 11.6 Å². The number of para-hydroxylation sites is 1. The van der Waals surface area contributed by atoms with E-state index in [1.165, 1.54) is 11.8 Å². The van der Waals surface area contributed by atoms with E-state index in [1.807, 2.05) is 54.6 Å². The monoisotopic (exact) mass is 679 g/mol. The summed E-state index contributed by atoms with van der Waals surface area (Å²) < 4.78 is 13.7. The Morgan fingerprint density at radius 2 is 1.63 bits per heavy atom. The van der Waals surface area contributed by atoms with Gasteiger partial charge in [0.15, 0.2) is 4.34 Å². The van der Waals surface area contributed by atoms with Crippen LogP contribution in [0.2, 0.25) is 10.0 Å². The fraction of sp³-hybridized carbons (Fsp3) is 0.0833. The number of aromatic nitrogens is 2. The van der Waals surface area contributed by atoms with E-state index < -0.39 is 12.1 Å². The topological polar surface area (TPSA) is 64.5 Å². The van der Waals surface area contributed by atoms with Gasteiger partial charge in [-0.05, 0) is 77.8 Å². The van der Waals surface area contributed by atoms with Gasteiger partial charge in [-0.15, -0.1) is 11.3 Å². The second-order valence-electron chi connectivity index (χ2n) is 10.8. The second kappa shape index (κ2) is 11.8. The number of rotatable bonds is 7. The predicted octanol–water partition coefficient (Wildman–Crippen LogP) is 10.00. The van der Waals surface area contributed by atoms with Gasteiger partial charge < -0.3 is 9.47 Å². The van der Waals surface area contributed by atoms with Crippen LogP contribution in [0.15, 0.2) is 119 Å². The molecular formula is C36H23Cl2N3O3S2. The highest BCUT2D eigenvalue weighted by molar-refractivity contribution is 8.01. The third kappa shape index (κ3) is 5.11. The van der Waals surface area contributed by atoms with E-state index in [-0.39, 0.29) is 5.91 Å². The molecule has 46 heavy (non-hydrogen) atoms. The molecule has 6 nitrogen and oxygen atoms in total. The minimum absolute atomic E-state index is 0.198. The maximum absolute atomic E-state index is 14.0. The Morgan fingerprint density at radius 3 is 2.43 bits per heavy atom. The molecular weight excluding hydrogens is 657 g/mol. The van der Waals surface area contributed by atoms with E-state index >= 15 is 0 Å². The van der Waals surface area contributed by atoms with Crippen LogP contribution in [0.5, 0.6) is 11.5 Å². The lowest BCUT2D eigenvalue weighted by Gasteiger charge is -2.47. The lowest BCUT2D eigenvalue weighted by atomic mass is 9.89. The molecule has 8 rings (SSSR count). The Hall–Kier alpha value is -4.34. The van der Waals surface area contributed by atoms with Gasteiger partial charge >= 0.3 is 0 Å². The highest BCUT2D eigenvalue weighted by atomic mass is 35.5. The van der Waals surface area contributed by atoms with Crippen LogP contribution in [-0.4, -0.2) is 29.1 Å². The number of hydrogen-bond acceptors (Lipinski definition) is 7. The van der Waals surface area contributed by atoms with Crippen molar-refractivity contribution in [2.45, 2.75) is 21.5 Å². The Balaban J connectivity index is 1.31. The highest BCUT2D eigenvalue weighted by Gasteiger charge is 2.52. The number of pyridine rings is 1. The van der Waals surface area contributed by atoms with Crippen molar-refractivity contribution in [3.63, 3.8) is 0 Å². The van der Waals surface area contributed by atoms with Crippen molar-refractivity contribution in [1.29, 1.82) is 0 Å². The minimum Gasteiger partial charge on any atom is -0.497 e. The normalized spacial score (nSPS) is 16.2. The van der Waals surface area contributed by atoms with Crippen molar-refractivity contribution in [3.05, 3.63) is 125 Å². The summed E-state index contributed by atoms with van der Waals surface area (Å²) in [5, 5.41) is 4.66. The fourth-order valence-corrected chi connectivity index (χ4v) is 8.36. The Morgan fingerprint density at radius 1 is 0.848 bits per heavy atom. The molecule has 3 heterocycles. The molecule has 1 aliphatic rings. The van der Waals surface area contributed by atoms with E-state index in [4.69, 9.17) is 42.6 Å². The summed E-state index contributed by atoms with van der Waals surface area (Å²) in [6.45, 7) is 0. The molecule has 1 fully saturated rings. The molecule has 2 atom stereocenters. The highest BCUT2D eigenvalue weighted by Crippen LogP contribution is 2.48. The summed E-state index contributed by atoms with van der Waals surface area (Å²) >= 11 is 15.8. The predicted molar refractivity (Wildman–Crippen MR) is 187 cm³/mol. The molecule has 226 valence electrons. The van der Waals surface area contributed by atoms with Gasteiger partial charge in [-0.3, -0.25) is 9.69 Å². The molecule has 0 spiro atoms. The number of β-lactam (4-membered cyclic amide) rings is 1. The first kappa shape index (κ1) is 29.1. The summed E-state index contributed by atoms with van der Waals surface area (Å²) in [6.07, 6.45) is -0.866. The van der Waals surface area contributed by atoms with Gasteiger partial charge in [0.1, 0.15) is 22.6 Å². The molecule has 1 amide bonds. The lowest BCUT2D eigenvalue weighted by Crippen LogP contribution is -2.61. The molecule has 2 aromatic heterocycles. The zero-order chi connectivity index (χ0) is 31.4. The molecule has 0 radical (unpaired) electrons. The van der Waals surface area contributed by atoms with Crippen LogP contribution < -0.4 is 14.4 Å². The molecule has 2 unspecified atom stereocenters. The van der Waals surface area contributed by atoms with Crippen molar-refractivity contribution < 1.29 is 14.3 Å². The smallest absolute Gasteiger partial charge is 0.271 e. The van der Waals surface area contributed by atoms with Crippen molar-refractivity contribution in [2.75, 3.05) is 12.0 Å². The third-order valence-electron chi connectivity index (χ3n) is 8.02. The van der Waals surface area contributed by atoms with E-state index in [9.17, 15) is 4.79 Å². The van der Waals surface area contributed by atoms with Crippen molar-refractivity contribution in [1.82, 2.24) is 9.97 Å². The standard InChI is InChI=1S/C36H23Cl2N3O3S2/c1-43-24-15-13-23(14-16-24)41-32(33(35(41)42)44-29-17-12-22(37)19-27(29)38)26-18-21-11-10-20-6-2-3-7-25(20)31(21)40-34(26)46-36-39-28-8-4-5-9-30(28)45-36/h2-19,32-33H,1H3. The van der Waals surface area contributed by atoms with Crippen LogP contribution in [0.3, 0.4) is 0 Å². The molecule has 1 saturated heterocycles. The lowest BCUT2D eigenvalue weighted by molar-refractivity contribution is -0.135. The number of methoxy groups -OCH3 is 1. The van der Waals surface area contributed by atoms with Crippen molar-refractivity contribution >= 4 is 89.8 Å². The first-order valence-electron chi connectivity index (χ1n) is 14.4. The van der Waals surface area contributed by atoms with Gasteiger partial charge in [0, 0.05) is 27.0 Å². The molecule has 5 aromatic carbocycles. The number of hydrogen-bond donors (Lipinski definition) is 0. The van der Waals surface area contributed by atoms with Gasteiger partial charge in [0.05, 0.1) is 27.9 Å². The van der Waals surface area contributed by atoms with E-state index in [2.05, 4.69) is 36.4 Å². The van der Waals surface area contributed by atoms with Crippen molar-refractivity contribution in [2.24, 2.45) is 0 Å². The van der Waals surface area contributed by atoms with Gasteiger partial charge in [-0.1, -0.05) is 71.7 Å². The van der Waals surface area contributed by atoms with Crippen LogP contribution in [0.25, 0.3) is 31.9 Å². The largest absolute Gasteiger partial charge is 0.497 e. The SMILES string of the molecule is COc1ccc(N2C(=O)C(Oc3ccc(Cl)cc3Cl)C2c2cc3ccc4ccccc4c3nc2Sc2nc3ccccc3s2)cc1. The molecule has 0 saturated carbocycles. The Kier molecular flexibility index (Phi) is 7.45. The summed E-state index contributed by atoms with van der Waals surface area (Å²) in [6, 6.07) is 34.5. The number of halogens is 2. The number of thiazole rings is 1. The van der Waals surface area contributed by atoms with Crippen molar-refractivity contribution in [3.8, 4) is 11.5 Å². The van der Waals surface area contributed by atoms with Crippen LogP contribution in [-0.2, 0) is 4.79 Å². The van der Waals surface area contributed by atoms with Gasteiger partial charge in [-0.2, -0.15) is 0 Å². The molecule has 10 heteroatoms.